The number of para-hydroxylation sites is 1. The molecule has 0 amide bonds. The molecule has 0 aliphatic heterocycles. The van der Waals surface area contributed by atoms with Crippen molar-refractivity contribution in [2.45, 2.75) is 25.6 Å². The first-order valence-electron chi connectivity index (χ1n) is 4.29. The van der Waals surface area contributed by atoms with Gasteiger partial charge in [0.25, 0.3) is 0 Å². The van der Waals surface area contributed by atoms with Crippen LogP contribution >= 0.6 is 8.46 Å². The van der Waals surface area contributed by atoms with Gasteiger partial charge in [0.05, 0.1) is 0 Å². The smallest absolute Gasteiger partial charge is 0.203 e. The summed E-state index contributed by atoms with van der Waals surface area (Å²) >= 11 is 0. The Morgan fingerprint density at radius 3 is 2.46 bits per heavy atom. The molecule has 0 aliphatic carbocycles. The van der Waals surface area contributed by atoms with Crippen LogP contribution in [0.4, 0.5) is 0 Å². The van der Waals surface area contributed by atoms with E-state index in [1.54, 1.807) is 0 Å². The lowest BCUT2D eigenvalue weighted by Gasteiger charge is -2.21. The van der Waals surface area contributed by atoms with Crippen LogP contribution in [0.3, 0.4) is 0 Å². The topological polar surface area (TPSA) is 26.3 Å². The standard InChI is InChI=1S/C10H13O2P/c1-3-10(2,13-11)12-9-7-5-4-6-8-9/h4-8H,3H2,1-2H3. The zero-order valence-corrected chi connectivity index (χ0v) is 8.75. The zero-order chi connectivity index (χ0) is 9.73. The molecule has 0 heterocycles. The van der Waals surface area contributed by atoms with Crippen molar-refractivity contribution < 1.29 is 9.30 Å². The van der Waals surface area contributed by atoms with E-state index in [2.05, 4.69) is 0 Å². The molecule has 1 aromatic carbocycles. The number of rotatable bonds is 4. The number of ether oxygens (including phenoxy) is 1. The molecule has 1 rings (SSSR count). The maximum Gasteiger partial charge on any atom is 0.203 e. The average molecular weight is 196 g/mol. The van der Waals surface area contributed by atoms with Crippen molar-refractivity contribution >= 4 is 8.46 Å². The van der Waals surface area contributed by atoms with Crippen LogP contribution in [0.5, 0.6) is 5.75 Å². The Bertz CT molecular complexity index is 274. The molecule has 0 spiro atoms. The summed E-state index contributed by atoms with van der Waals surface area (Å²) in [6.07, 6.45) is 0.715. The van der Waals surface area contributed by atoms with Crippen LogP contribution in [0.25, 0.3) is 0 Å². The number of hydrogen-bond acceptors (Lipinski definition) is 2. The lowest BCUT2D eigenvalue weighted by molar-refractivity contribution is 0.174. The highest BCUT2D eigenvalue weighted by Gasteiger charge is 2.24. The van der Waals surface area contributed by atoms with Crippen LogP contribution in [0, 0.1) is 0 Å². The van der Waals surface area contributed by atoms with Gasteiger partial charge in [0.1, 0.15) is 5.75 Å². The van der Waals surface area contributed by atoms with Gasteiger partial charge in [-0.15, -0.1) is 0 Å². The van der Waals surface area contributed by atoms with Gasteiger partial charge >= 0.3 is 0 Å². The van der Waals surface area contributed by atoms with Crippen LogP contribution in [-0.2, 0) is 4.57 Å². The molecular weight excluding hydrogens is 183 g/mol. The van der Waals surface area contributed by atoms with Crippen LogP contribution in [0.2, 0.25) is 0 Å². The lowest BCUT2D eigenvalue weighted by atomic mass is 10.3. The molecule has 0 radical (unpaired) electrons. The third-order valence-electron chi connectivity index (χ3n) is 1.93. The largest absolute Gasteiger partial charge is 0.475 e. The molecule has 1 unspecified atom stereocenters. The van der Waals surface area contributed by atoms with E-state index in [9.17, 15) is 4.57 Å². The highest BCUT2D eigenvalue weighted by Crippen LogP contribution is 2.29. The number of hydrogen-bond donors (Lipinski definition) is 0. The van der Waals surface area contributed by atoms with Gasteiger partial charge in [-0.1, -0.05) is 25.1 Å². The van der Waals surface area contributed by atoms with Gasteiger partial charge in [-0.05, 0) is 25.5 Å². The Balaban J connectivity index is 2.73. The summed E-state index contributed by atoms with van der Waals surface area (Å²) in [5.74, 6) is 0.759. The van der Waals surface area contributed by atoms with Gasteiger partial charge in [0.2, 0.25) is 8.46 Å². The highest BCUT2D eigenvalue weighted by atomic mass is 31.1. The second kappa shape index (κ2) is 4.38. The molecule has 0 saturated carbocycles. The molecule has 0 saturated heterocycles. The van der Waals surface area contributed by atoms with Crippen LogP contribution < -0.4 is 4.74 Å². The summed E-state index contributed by atoms with van der Waals surface area (Å²) in [6, 6.07) is 9.43. The minimum Gasteiger partial charge on any atom is -0.475 e. The third kappa shape index (κ3) is 2.82. The van der Waals surface area contributed by atoms with Gasteiger partial charge in [-0.25, -0.2) is 0 Å². The Morgan fingerprint density at radius 2 is 2.00 bits per heavy atom. The maximum absolute atomic E-state index is 10.8. The molecule has 1 atom stereocenters. The minimum absolute atomic E-state index is 0.0250. The average Bonchev–Trinajstić information content (AvgIpc) is 2.19. The Labute approximate surface area is 80.1 Å². The van der Waals surface area contributed by atoms with Gasteiger partial charge in [0, 0.05) is 0 Å². The van der Waals surface area contributed by atoms with E-state index in [4.69, 9.17) is 4.74 Å². The van der Waals surface area contributed by atoms with Crippen molar-refractivity contribution in [3.8, 4) is 5.75 Å². The molecular formula is C10H13O2P. The summed E-state index contributed by atoms with van der Waals surface area (Å²) < 4.78 is 16.4. The monoisotopic (exact) mass is 196 g/mol. The SMILES string of the molecule is CCC(C)(Oc1ccccc1)P=O. The normalized spacial score (nSPS) is 15.2. The minimum atomic E-state index is -0.596. The van der Waals surface area contributed by atoms with E-state index in [0.29, 0.717) is 6.42 Å². The van der Waals surface area contributed by atoms with Crippen molar-refractivity contribution in [2.24, 2.45) is 0 Å². The van der Waals surface area contributed by atoms with Crippen molar-refractivity contribution in [2.75, 3.05) is 0 Å². The van der Waals surface area contributed by atoms with Gasteiger partial charge in [-0.2, -0.15) is 0 Å². The predicted octanol–water partition coefficient (Wildman–Crippen LogP) is 3.48. The summed E-state index contributed by atoms with van der Waals surface area (Å²) in [4.78, 5) is 0. The number of benzene rings is 1. The molecule has 0 fully saturated rings. The first-order chi connectivity index (χ1) is 6.20. The maximum atomic E-state index is 10.8. The molecule has 0 aromatic heterocycles. The van der Waals surface area contributed by atoms with Crippen molar-refractivity contribution in [3.05, 3.63) is 30.3 Å². The molecule has 13 heavy (non-hydrogen) atoms. The summed E-state index contributed by atoms with van der Waals surface area (Å²) in [6.45, 7) is 3.78. The Morgan fingerprint density at radius 1 is 1.38 bits per heavy atom. The summed E-state index contributed by atoms with van der Waals surface area (Å²) in [7, 11) is 0.0250. The van der Waals surface area contributed by atoms with E-state index in [-0.39, 0.29) is 8.46 Å². The van der Waals surface area contributed by atoms with E-state index in [1.165, 1.54) is 0 Å². The fourth-order valence-electron chi connectivity index (χ4n) is 0.898. The van der Waals surface area contributed by atoms with E-state index >= 15 is 0 Å². The molecule has 0 bridgehead atoms. The predicted molar refractivity (Wildman–Crippen MR) is 53.4 cm³/mol. The van der Waals surface area contributed by atoms with E-state index < -0.39 is 5.34 Å². The van der Waals surface area contributed by atoms with E-state index in [0.717, 1.165) is 5.75 Å². The van der Waals surface area contributed by atoms with Crippen LogP contribution in [-0.4, -0.2) is 5.34 Å². The molecule has 70 valence electrons. The molecule has 0 N–H and O–H groups in total. The Hall–Kier alpha value is -0.880. The second-order valence-electron chi connectivity index (χ2n) is 3.03. The van der Waals surface area contributed by atoms with Crippen molar-refractivity contribution in [3.63, 3.8) is 0 Å². The van der Waals surface area contributed by atoms with Gasteiger partial charge in [-0.3, -0.25) is 4.57 Å². The second-order valence-corrected chi connectivity index (χ2v) is 4.16. The first-order valence-corrected chi connectivity index (χ1v) is 5.10. The fourth-order valence-corrected chi connectivity index (χ4v) is 1.17. The molecule has 2 nitrogen and oxygen atoms in total. The molecule has 1 aromatic rings. The molecule has 0 aliphatic rings. The third-order valence-corrected chi connectivity index (χ3v) is 2.72. The van der Waals surface area contributed by atoms with Gasteiger partial charge in [0.15, 0.2) is 5.34 Å². The van der Waals surface area contributed by atoms with Crippen LogP contribution in [0.1, 0.15) is 20.3 Å². The quantitative estimate of drug-likeness (QED) is 0.689. The first kappa shape index (κ1) is 10.2. The lowest BCUT2D eigenvalue weighted by Crippen LogP contribution is -2.23. The highest BCUT2D eigenvalue weighted by molar-refractivity contribution is 7.25. The fraction of sp³-hybridized carbons (Fsp3) is 0.400. The summed E-state index contributed by atoms with van der Waals surface area (Å²) in [5.41, 5.74) is 0. The Kier molecular flexibility index (Phi) is 3.44. The molecule has 3 heteroatoms. The van der Waals surface area contributed by atoms with Crippen molar-refractivity contribution in [1.82, 2.24) is 0 Å². The van der Waals surface area contributed by atoms with Crippen molar-refractivity contribution in [1.29, 1.82) is 0 Å². The summed E-state index contributed by atoms with van der Waals surface area (Å²) in [5, 5.41) is -0.596. The van der Waals surface area contributed by atoms with Gasteiger partial charge < -0.3 is 4.74 Å². The van der Waals surface area contributed by atoms with E-state index in [1.807, 2.05) is 44.2 Å². The zero-order valence-electron chi connectivity index (χ0n) is 7.86. The van der Waals surface area contributed by atoms with Crippen LogP contribution in [0.15, 0.2) is 30.3 Å².